The molecule has 0 saturated carbocycles. The second-order valence-electron chi connectivity index (χ2n) is 9.47. The molecule has 1 heterocycles. The molecule has 0 N–H and O–H groups in total. The highest BCUT2D eigenvalue weighted by molar-refractivity contribution is 5.76. The first-order valence-electron chi connectivity index (χ1n) is 11.1. The Morgan fingerprint density at radius 3 is 2.73 bits per heavy atom. The van der Waals surface area contributed by atoms with Gasteiger partial charge in [0.05, 0.1) is 17.1 Å². The van der Waals surface area contributed by atoms with Crippen LogP contribution in [0.3, 0.4) is 0 Å². The van der Waals surface area contributed by atoms with Crippen LogP contribution in [0.5, 0.6) is 5.75 Å². The normalized spacial score (nSPS) is 15.2. The highest BCUT2D eigenvalue weighted by Gasteiger charge is 2.32. The number of rotatable bonds is 5. The van der Waals surface area contributed by atoms with E-state index in [2.05, 4.69) is 16.2 Å². The quantitative estimate of drug-likeness (QED) is 0.469. The van der Waals surface area contributed by atoms with Crippen LogP contribution in [0.25, 0.3) is 22.8 Å². The predicted molar refractivity (Wildman–Crippen MR) is 122 cm³/mol. The first-order chi connectivity index (χ1) is 15.7. The van der Waals surface area contributed by atoms with Crippen LogP contribution < -0.4 is 4.74 Å². The predicted octanol–water partition coefficient (Wildman–Crippen LogP) is 5.64. The standard InChI is InChI=1S/C26H27N3O4/c1-15(2)31-21-11-9-16(13-17(21)14-27)24-28-23(29-33-24)20-8-6-7-19-18(20)10-12-22(19)32-25(30)26(3,4)5/h6-9,11,13,15,22H,10,12H2,1-5H3. The molecule has 1 unspecified atom stereocenters. The Kier molecular flexibility index (Phi) is 5.94. The SMILES string of the molecule is CC(C)Oc1ccc(-c2nc(-c3cccc4c3CCC4OC(=O)C(C)(C)C)no2)cc1C#N. The number of carbonyl (C=O) groups excluding carboxylic acids is 1. The summed E-state index contributed by atoms with van der Waals surface area (Å²) in [5.41, 5.74) is 3.41. The lowest BCUT2D eigenvalue weighted by Crippen LogP contribution is -2.24. The third kappa shape index (κ3) is 4.61. The van der Waals surface area contributed by atoms with Crippen molar-refractivity contribution >= 4 is 5.97 Å². The number of hydrogen-bond acceptors (Lipinski definition) is 7. The molecule has 1 aromatic heterocycles. The van der Waals surface area contributed by atoms with Crippen LogP contribution in [-0.2, 0) is 16.0 Å². The van der Waals surface area contributed by atoms with Crippen molar-refractivity contribution in [2.24, 2.45) is 5.41 Å². The monoisotopic (exact) mass is 445 g/mol. The molecule has 0 bridgehead atoms. The maximum Gasteiger partial charge on any atom is 0.311 e. The van der Waals surface area contributed by atoms with Gasteiger partial charge in [0.1, 0.15) is 17.9 Å². The summed E-state index contributed by atoms with van der Waals surface area (Å²) in [5, 5.41) is 13.7. The van der Waals surface area contributed by atoms with E-state index < -0.39 is 5.41 Å². The van der Waals surface area contributed by atoms with Gasteiger partial charge < -0.3 is 14.0 Å². The van der Waals surface area contributed by atoms with Crippen LogP contribution in [0.2, 0.25) is 0 Å². The maximum atomic E-state index is 12.4. The Balaban J connectivity index is 1.62. The third-order valence-corrected chi connectivity index (χ3v) is 5.45. The molecule has 2 aromatic carbocycles. The molecular weight excluding hydrogens is 418 g/mol. The second-order valence-corrected chi connectivity index (χ2v) is 9.47. The zero-order valence-electron chi connectivity index (χ0n) is 19.5. The van der Waals surface area contributed by atoms with Crippen molar-refractivity contribution in [1.29, 1.82) is 5.26 Å². The highest BCUT2D eigenvalue weighted by atomic mass is 16.5. The van der Waals surface area contributed by atoms with Gasteiger partial charge in [0, 0.05) is 11.1 Å². The first kappa shape index (κ1) is 22.5. The summed E-state index contributed by atoms with van der Waals surface area (Å²) in [6.45, 7) is 9.36. The van der Waals surface area contributed by atoms with E-state index >= 15 is 0 Å². The molecule has 7 heteroatoms. The van der Waals surface area contributed by atoms with E-state index in [4.69, 9.17) is 14.0 Å². The van der Waals surface area contributed by atoms with Crippen molar-refractivity contribution in [3.63, 3.8) is 0 Å². The first-order valence-corrected chi connectivity index (χ1v) is 11.1. The Labute approximate surface area is 193 Å². The van der Waals surface area contributed by atoms with E-state index in [0.717, 1.165) is 29.5 Å². The number of ether oxygens (including phenoxy) is 2. The summed E-state index contributed by atoms with van der Waals surface area (Å²) in [6.07, 6.45) is 1.17. The summed E-state index contributed by atoms with van der Waals surface area (Å²) in [6, 6.07) is 13.2. The van der Waals surface area contributed by atoms with Gasteiger partial charge in [-0.05, 0) is 76.8 Å². The maximum absolute atomic E-state index is 12.4. The summed E-state index contributed by atoms with van der Waals surface area (Å²) >= 11 is 0. The lowest BCUT2D eigenvalue weighted by molar-refractivity contribution is -0.158. The molecule has 170 valence electrons. The number of fused-ring (bicyclic) bond motifs is 1. The van der Waals surface area contributed by atoms with E-state index in [9.17, 15) is 10.1 Å². The fourth-order valence-corrected chi connectivity index (χ4v) is 3.81. The minimum Gasteiger partial charge on any atom is -0.490 e. The molecule has 0 amide bonds. The van der Waals surface area contributed by atoms with Crippen LogP contribution >= 0.6 is 0 Å². The smallest absolute Gasteiger partial charge is 0.311 e. The molecular formula is C26H27N3O4. The minimum atomic E-state index is -0.555. The highest BCUT2D eigenvalue weighted by Crippen LogP contribution is 2.40. The topological polar surface area (TPSA) is 98.2 Å². The Bertz CT molecular complexity index is 1230. The van der Waals surface area contributed by atoms with Gasteiger partial charge in [-0.25, -0.2) is 0 Å². The summed E-state index contributed by atoms with van der Waals surface area (Å²) < 4.78 is 17.0. The molecule has 1 aliphatic carbocycles. The lowest BCUT2D eigenvalue weighted by Gasteiger charge is -2.21. The summed E-state index contributed by atoms with van der Waals surface area (Å²) in [4.78, 5) is 17.0. The molecule has 0 radical (unpaired) electrons. The fraction of sp³-hybridized carbons (Fsp3) is 0.385. The lowest BCUT2D eigenvalue weighted by atomic mass is 9.97. The van der Waals surface area contributed by atoms with Crippen LogP contribution in [0.15, 0.2) is 40.9 Å². The van der Waals surface area contributed by atoms with Gasteiger partial charge in [-0.2, -0.15) is 10.2 Å². The van der Waals surface area contributed by atoms with Gasteiger partial charge in [0.2, 0.25) is 5.82 Å². The van der Waals surface area contributed by atoms with Crippen LogP contribution in [0.1, 0.15) is 63.8 Å². The van der Waals surface area contributed by atoms with E-state index in [1.54, 1.807) is 18.2 Å². The molecule has 4 rings (SSSR count). The number of carbonyl (C=O) groups is 1. The van der Waals surface area contributed by atoms with Gasteiger partial charge in [-0.15, -0.1) is 0 Å². The molecule has 0 aliphatic heterocycles. The van der Waals surface area contributed by atoms with Crippen molar-refractivity contribution in [3.8, 4) is 34.7 Å². The molecule has 1 aliphatic rings. The zero-order valence-corrected chi connectivity index (χ0v) is 19.5. The fourth-order valence-electron chi connectivity index (χ4n) is 3.81. The summed E-state index contributed by atoms with van der Waals surface area (Å²) in [7, 11) is 0. The van der Waals surface area contributed by atoms with Crippen LogP contribution in [-0.4, -0.2) is 22.2 Å². The van der Waals surface area contributed by atoms with Crippen molar-refractivity contribution in [3.05, 3.63) is 53.1 Å². The Hall–Kier alpha value is -3.66. The van der Waals surface area contributed by atoms with E-state index in [-0.39, 0.29) is 18.2 Å². The van der Waals surface area contributed by atoms with Gasteiger partial charge in [0.15, 0.2) is 0 Å². The third-order valence-electron chi connectivity index (χ3n) is 5.45. The molecule has 3 aromatic rings. The van der Waals surface area contributed by atoms with E-state index in [0.29, 0.717) is 28.6 Å². The Morgan fingerprint density at radius 1 is 1.24 bits per heavy atom. The van der Waals surface area contributed by atoms with Crippen molar-refractivity contribution in [2.45, 2.75) is 59.7 Å². The number of nitriles is 1. The molecule has 0 spiro atoms. The van der Waals surface area contributed by atoms with Gasteiger partial charge in [-0.3, -0.25) is 4.79 Å². The number of aromatic nitrogens is 2. The molecule has 0 saturated heterocycles. The number of benzene rings is 2. The van der Waals surface area contributed by atoms with Gasteiger partial charge >= 0.3 is 5.97 Å². The largest absolute Gasteiger partial charge is 0.490 e. The van der Waals surface area contributed by atoms with Gasteiger partial charge in [-0.1, -0.05) is 23.4 Å². The molecule has 33 heavy (non-hydrogen) atoms. The Morgan fingerprint density at radius 2 is 2.03 bits per heavy atom. The van der Waals surface area contributed by atoms with Crippen LogP contribution in [0.4, 0.5) is 0 Å². The van der Waals surface area contributed by atoms with E-state index in [1.807, 2.05) is 52.8 Å². The second kappa shape index (κ2) is 8.70. The summed E-state index contributed by atoms with van der Waals surface area (Å²) in [5.74, 6) is 1.09. The molecule has 7 nitrogen and oxygen atoms in total. The van der Waals surface area contributed by atoms with Crippen molar-refractivity contribution in [2.75, 3.05) is 0 Å². The van der Waals surface area contributed by atoms with Crippen molar-refractivity contribution < 1.29 is 18.8 Å². The molecule has 1 atom stereocenters. The van der Waals surface area contributed by atoms with Crippen molar-refractivity contribution in [1.82, 2.24) is 10.1 Å². The number of esters is 1. The molecule has 0 fully saturated rings. The number of nitrogens with zero attached hydrogens (tertiary/aromatic N) is 3. The average molecular weight is 446 g/mol. The number of hydrogen-bond donors (Lipinski definition) is 0. The zero-order chi connectivity index (χ0) is 23.8. The van der Waals surface area contributed by atoms with E-state index in [1.165, 1.54) is 0 Å². The average Bonchev–Trinajstić information content (AvgIpc) is 3.41. The van der Waals surface area contributed by atoms with Crippen LogP contribution in [0, 0.1) is 16.7 Å². The minimum absolute atomic E-state index is 0.0374. The van der Waals surface area contributed by atoms with Gasteiger partial charge in [0.25, 0.3) is 5.89 Å².